The Balaban J connectivity index is 2.05. The van der Waals surface area contributed by atoms with Crippen molar-refractivity contribution in [3.63, 3.8) is 0 Å². The Hall–Kier alpha value is -4.21. The summed E-state index contributed by atoms with van der Waals surface area (Å²) in [5.41, 5.74) is 1.45. The predicted molar refractivity (Wildman–Crippen MR) is 118 cm³/mol. The number of rotatable bonds is 6. The molecule has 31 heavy (non-hydrogen) atoms. The number of nitrogens with one attached hydrogen (secondary N) is 1. The summed E-state index contributed by atoms with van der Waals surface area (Å²) in [6.45, 7) is 3.32. The van der Waals surface area contributed by atoms with Crippen molar-refractivity contribution >= 4 is 30.2 Å². The molecule has 2 aromatic carbocycles. The minimum atomic E-state index is -0.347. The highest BCUT2D eigenvalue weighted by Gasteiger charge is 2.24. The van der Waals surface area contributed by atoms with Gasteiger partial charge in [-0.15, -0.1) is 5.01 Å². The van der Waals surface area contributed by atoms with E-state index in [4.69, 9.17) is 15.4 Å². The SMILES string of the molecule is CC(=O)OCCN(C1=NCCN1)[N+](C=c1ccc(=C=[N-])cc1)=Cc1ccc(C#N)cc1. The van der Waals surface area contributed by atoms with Crippen LogP contribution in [0.2, 0.25) is 0 Å². The van der Waals surface area contributed by atoms with E-state index in [2.05, 4.69) is 22.2 Å². The van der Waals surface area contributed by atoms with Crippen LogP contribution in [0.4, 0.5) is 0 Å². The number of nitriles is 1. The number of hydrazine groups is 1. The van der Waals surface area contributed by atoms with Crippen LogP contribution in [0.1, 0.15) is 18.1 Å². The molecule has 2 aromatic rings. The van der Waals surface area contributed by atoms with Gasteiger partial charge in [-0.05, 0) is 53.7 Å². The molecule has 1 aliphatic heterocycles. The second kappa shape index (κ2) is 10.5. The number of guanidine groups is 1. The van der Waals surface area contributed by atoms with Crippen LogP contribution in [0.3, 0.4) is 0 Å². The number of hydrazone groups is 1. The number of nitrogens with zero attached hydrogens (tertiary/aromatic N) is 5. The van der Waals surface area contributed by atoms with Gasteiger partial charge in [-0.2, -0.15) is 5.26 Å². The normalized spacial score (nSPS) is 12.8. The maximum atomic E-state index is 11.3. The van der Waals surface area contributed by atoms with Crippen LogP contribution < -0.4 is 15.8 Å². The summed E-state index contributed by atoms with van der Waals surface area (Å²) in [7, 11) is 0. The molecule has 0 aliphatic carbocycles. The zero-order chi connectivity index (χ0) is 22.1. The highest BCUT2D eigenvalue weighted by atomic mass is 16.5. The second-order valence-corrected chi connectivity index (χ2v) is 6.70. The van der Waals surface area contributed by atoms with E-state index in [0.717, 1.165) is 17.3 Å². The van der Waals surface area contributed by atoms with Crippen molar-refractivity contribution < 1.29 is 14.2 Å². The van der Waals surface area contributed by atoms with E-state index in [-0.39, 0.29) is 12.6 Å². The third-order valence-electron chi connectivity index (χ3n) is 4.43. The standard InChI is InChI=1S/C23H22N6O2/c1-18(30)31-13-12-29(23-26-10-11-27-23)28(16-21-6-2-19(14-24)3-7-21)17-22-8-4-20(15-25)5-9-22/h2-9,16-17H,10-13H2,1H3,(H,26,27). The number of carbonyl (C=O) groups excluding carboxylic acids is 1. The van der Waals surface area contributed by atoms with E-state index in [9.17, 15) is 4.79 Å². The molecule has 0 amide bonds. The first-order valence-electron chi connectivity index (χ1n) is 9.76. The van der Waals surface area contributed by atoms with Crippen molar-refractivity contribution in [3.8, 4) is 6.07 Å². The summed E-state index contributed by atoms with van der Waals surface area (Å²) in [6, 6.07) is 16.5. The molecule has 0 aromatic heterocycles. The van der Waals surface area contributed by atoms with Gasteiger partial charge in [0.1, 0.15) is 13.2 Å². The van der Waals surface area contributed by atoms with Crippen LogP contribution >= 0.6 is 0 Å². The maximum Gasteiger partial charge on any atom is 0.302 e. The zero-order valence-corrected chi connectivity index (χ0v) is 17.2. The van der Waals surface area contributed by atoms with Crippen molar-refractivity contribution in [1.29, 1.82) is 5.26 Å². The first-order valence-corrected chi connectivity index (χ1v) is 9.76. The van der Waals surface area contributed by atoms with Gasteiger partial charge in [-0.3, -0.25) is 10.7 Å². The fourth-order valence-corrected chi connectivity index (χ4v) is 2.93. The summed E-state index contributed by atoms with van der Waals surface area (Å²) in [4.78, 5) is 15.8. The van der Waals surface area contributed by atoms with E-state index < -0.39 is 0 Å². The van der Waals surface area contributed by atoms with Gasteiger partial charge in [0.15, 0.2) is 0 Å². The number of esters is 1. The molecule has 1 aliphatic rings. The van der Waals surface area contributed by atoms with Crippen molar-refractivity contribution in [2.24, 2.45) is 4.99 Å². The summed E-state index contributed by atoms with van der Waals surface area (Å²) >= 11 is 0. The maximum absolute atomic E-state index is 11.3. The number of hydrogen-bond donors (Lipinski definition) is 1. The van der Waals surface area contributed by atoms with Gasteiger partial charge >= 0.3 is 5.97 Å². The number of aliphatic imine (C=N–C) groups is 1. The quantitative estimate of drug-likeness (QED) is 0.312. The monoisotopic (exact) mass is 414 g/mol. The van der Waals surface area contributed by atoms with E-state index in [1.165, 1.54) is 6.92 Å². The highest BCUT2D eigenvalue weighted by Crippen LogP contribution is 2.04. The summed E-state index contributed by atoms with van der Waals surface area (Å²) in [5.74, 6) is 2.44. The molecular formula is C23H22N6O2. The lowest BCUT2D eigenvalue weighted by Gasteiger charge is -2.18. The van der Waals surface area contributed by atoms with Crippen molar-refractivity contribution in [1.82, 2.24) is 10.3 Å². The van der Waals surface area contributed by atoms with Crippen molar-refractivity contribution in [2.45, 2.75) is 6.92 Å². The van der Waals surface area contributed by atoms with Gasteiger partial charge in [0.05, 0.1) is 18.2 Å². The average molecular weight is 414 g/mol. The first kappa shape index (κ1) is 21.5. The molecule has 0 saturated heterocycles. The number of benzene rings is 2. The molecule has 0 saturated carbocycles. The number of hydrogen-bond acceptors (Lipinski definition) is 6. The van der Waals surface area contributed by atoms with E-state index >= 15 is 0 Å². The number of carbonyl (C=O) groups is 1. The Labute approximate surface area is 180 Å². The molecule has 0 atom stereocenters. The molecule has 0 bridgehead atoms. The van der Waals surface area contributed by atoms with Crippen LogP contribution in [-0.2, 0) is 9.53 Å². The Kier molecular flexibility index (Phi) is 7.30. The number of ether oxygens (including phenoxy) is 1. The van der Waals surface area contributed by atoms with Crippen LogP contribution in [0.5, 0.6) is 0 Å². The molecule has 1 heterocycles. The lowest BCUT2D eigenvalue weighted by atomic mass is 10.2. The van der Waals surface area contributed by atoms with Crippen molar-refractivity contribution in [2.75, 3.05) is 26.2 Å². The zero-order valence-electron chi connectivity index (χ0n) is 17.2. The topological polar surface area (TPSA) is 103 Å². The summed E-state index contributed by atoms with van der Waals surface area (Å²) in [6.07, 6.45) is 3.80. The van der Waals surface area contributed by atoms with Crippen LogP contribution in [0.15, 0.2) is 53.5 Å². The smallest absolute Gasteiger partial charge is 0.302 e. The lowest BCUT2D eigenvalue weighted by molar-refractivity contribution is -0.577. The third-order valence-corrected chi connectivity index (χ3v) is 4.43. The predicted octanol–water partition coefficient (Wildman–Crippen LogP) is 0.0779. The van der Waals surface area contributed by atoms with Gasteiger partial charge in [0, 0.05) is 24.3 Å². The lowest BCUT2D eigenvalue weighted by Crippen LogP contribution is -2.46. The Bertz CT molecular complexity index is 1160. The van der Waals surface area contributed by atoms with E-state index in [0.29, 0.717) is 29.8 Å². The van der Waals surface area contributed by atoms with Gasteiger partial charge in [0.25, 0.3) is 5.96 Å². The van der Waals surface area contributed by atoms with Crippen LogP contribution in [-0.4, -0.2) is 59.9 Å². The van der Waals surface area contributed by atoms with Crippen LogP contribution in [0.25, 0.3) is 11.6 Å². The molecule has 8 nitrogen and oxygen atoms in total. The van der Waals surface area contributed by atoms with Gasteiger partial charge in [-0.25, -0.2) is 4.99 Å². The third kappa shape index (κ3) is 6.13. The van der Waals surface area contributed by atoms with Gasteiger partial charge in [-0.1, -0.05) is 4.68 Å². The molecule has 3 rings (SSSR count). The molecule has 0 radical (unpaired) electrons. The molecule has 0 unspecified atom stereocenters. The fourth-order valence-electron chi connectivity index (χ4n) is 2.93. The van der Waals surface area contributed by atoms with E-state index in [1.807, 2.05) is 46.4 Å². The minimum absolute atomic E-state index is 0.189. The Morgan fingerprint density at radius 1 is 1.29 bits per heavy atom. The van der Waals surface area contributed by atoms with Crippen molar-refractivity contribution in [3.05, 3.63) is 75.5 Å². The Morgan fingerprint density at radius 3 is 2.61 bits per heavy atom. The van der Waals surface area contributed by atoms with Gasteiger partial charge < -0.3 is 15.5 Å². The highest BCUT2D eigenvalue weighted by molar-refractivity contribution is 5.82. The molecule has 0 spiro atoms. The fraction of sp³-hybridized carbons (Fsp3) is 0.217. The molecule has 0 fully saturated rings. The van der Waals surface area contributed by atoms with Gasteiger partial charge in [0.2, 0.25) is 12.4 Å². The van der Waals surface area contributed by atoms with E-state index in [1.54, 1.807) is 24.3 Å². The minimum Gasteiger partial charge on any atom is -0.763 e. The molecule has 156 valence electrons. The van der Waals surface area contributed by atoms with Crippen LogP contribution in [0, 0.1) is 11.3 Å². The average Bonchev–Trinajstić information content (AvgIpc) is 3.32. The first-order chi connectivity index (χ1) is 15.1. The molecule has 8 heteroatoms. The largest absolute Gasteiger partial charge is 0.763 e. The Morgan fingerprint density at radius 2 is 2.03 bits per heavy atom. The summed E-state index contributed by atoms with van der Waals surface area (Å²) < 4.78 is 7.02. The summed E-state index contributed by atoms with van der Waals surface area (Å²) in [5, 5.41) is 24.7. The second-order valence-electron chi connectivity index (χ2n) is 6.70. The molecular weight excluding hydrogens is 392 g/mol. The molecule has 1 N–H and O–H groups in total.